The van der Waals surface area contributed by atoms with Crippen molar-refractivity contribution < 1.29 is 5.11 Å². The van der Waals surface area contributed by atoms with Gasteiger partial charge >= 0.3 is 0 Å². The van der Waals surface area contributed by atoms with Crippen LogP contribution < -0.4 is 0 Å². The molecule has 0 spiro atoms. The van der Waals surface area contributed by atoms with Gasteiger partial charge in [0.2, 0.25) is 0 Å². The van der Waals surface area contributed by atoms with Crippen LogP contribution in [0.5, 0.6) is 0 Å². The van der Waals surface area contributed by atoms with Crippen molar-refractivity contribution in [2.75, 3.05) is 0 Å². The van der Waals surface area contributed by atoms with Gasteiger partial charge in [0.25, 0.3) is 0 Å². The van der Waals surface area contributed by atoms with Crippen LogP contribution in [0.4, 0.5) is 0 Å². The van der Waals surface area contributed by atoms with E-state index in [4.69, 9.17) is 0 Å². The van der Waals surface area contributed by atoms with Gasteiger partial charge in [-0.1, -0.05) is 54.4 Å². The predicted molar refractivity (Wildman–Crippen MR) is 102 cm³/mol. The number of aliphatic hydroxyl groups is 1. The number of benzene rings is 2. The Morgan fingerprint density at radius 1 is 1.12 bits per heavy atom. The Morgan fingerprint density at radius 3 is 2.46 bits per heavy atom. The van der Waals surface area contributed by atoms with E-state index in [0.717, 1.165) is 30.5 Å². The lowest BCUT2D eigenvalue weighted by molar-refractivity contribution is -0.100. The molecule has 2 heterocycles. The molecule has 3 heteroatoms. The van der Waals surface area contributed by atoms with Gasteiger partial charge in [0.05, 0.1) is 17.2 Å². The minimum atomic E-state index is -0.889. The zero-order chi connectivity index (χ0) is 18.1. The molecule has 4 rings (SSSR count). The van der Waals surface area contributed by atoms with Crippen LogP contribution in [0.15, 0.2) is 48.5 Å². The third kappa shape index (κ3) is 3.16. The molecule has 134 valence electrons. The molecule has 0 aliphatic carbocycles. The highest BCUT2D eigenvalue weighted by atomic mass is 16.3. The summed E-state index contributed by atoms with van der Waals surface area (Å²) in [6.45, 7) is 2.98. The van der Waals surface area contributed by atoms with Gasteiger partial charge < -0.3 is 5.11 Å². The summed E-state index contributed by atoms with van der Waals surface area (Å²) in [4.78, 5) is 2.59. The van der Waals surface area contributed by atoms with Crippen LogP contribution in [-0.4, -0.2) is 22.1 Å². The first-order chi connectivity index (χ1) is 12.6. The second kappa shape index (κ2) is 6.87. The minimum absolute atomic E-state index is 0.375. The van der Waals surface area contributed by atoms with E-state index in [1.54, 1.807) is 0 Å². The van der Waals surface area contributed by atoms with Crippen molar-refractivity contribution in [3.8, 4) is 6.07 Å². The molecule has 0 saturated carbocycles. The van der Waals surface area contributed by atoms with E-state index < -0.39 is 5.60 Å². The molecule has 2 aliphatic heterocycles. The van der Waals surface area contributed by atoms with Gasteiger partial charge in [-0.15, -0.1) is 0 Å². The Balaban J connectivity index is 1.64. The van der Waals surface area contributed by atoms with Gasteiger partial charge in [-0.05, 0) is 44.2 Å². The second-order valence-electron chi connectivity index (χ2n) is 8.00. The highest BCUT2D eigenvalue weighted by Crippen LogP contribution is 2.45. The maximum atomic E-state index is 11.6. The van der Waals surface area contributed by atoms with Gasteiger partial charge in [0.1, 0.15) is 0 Å². The number of rotatable bonds is 3. The summed E-state index contributed by atoms with van der Waals surface area (Å²) >= 11 is 0. The molecule has 2 bridgehead atoms. The Kier molecular flexibility index (Phi) is 4.56. The molecule has 2 unspecified atom stereocenters. The SMILES string of the molecule is Cc1ccc(C#N)c(C2(O)CC3CCCC(C2)N3Cc2ccccc2)c1. The smallest absolute Gasteiger partial charge is 0.0995 e. The maximum absolute atomic E-state index is 11.6. The lowest BCUT2D eigenvalue weighted by Crippen LogP contribution is -2.56. The van der Waals surface area contributed by atoms with Crippen LogP contribution in [0, 0.1) is 18.3 Å². The largest absolute Gasteiger partial charge is 0.385 e. The van der Waals surface area contributed by atoms with Crippen molar-refractivity contribution in [3.05, 3.63) is 70.8 Å². The number of hydrogen-bond acceptors (Lipinski definition) is 3. The van der Waals surface area contributed by atoms with Gasteiger partial charge in [-0.25, -0.2) is 0 Å². The summed E-state index contributed by atoms with van der Waals surface area (Å²) in [7, 11) is 0. The van der Waals surface area contributed by atoms with Crippen LogP contribution >= 0.6 is 0 Å². The first-order valence-electron chi connectivity index (χ1n) is 9.62. The zero-order valence-electron chi connectivity index (χ0n) is 15.4. The average Bonchev–Trinajstić information content (AvgIpc) is 2.63. The van der Waals surface area contributed by atoms with Crippen LogP contribution in [0.2, 0.25) is 0 Å². The summed E-state index contributed by atoms with van der Waals surface area (Å²) in [6.07, 6.45) is 4.91. The molecular formula is C23H26N2O. The lowest BCUT2D eigenvalue weighted by atomic mass is 9.71. The summed E-state index contributed by atoms with van der Waals surface area (Å²) in [5.74, 6) is 0. The third-order valence-electron chi connectivity index (χ3n) is 6.16. The molecule has 26 heavy (non-hydrogen) atoms. The Hall–Kier alpha value is -2.15. The normalized spacial score (nSPS) is 28.5. The monoisotopic (exact) mass is 346 g/mol. The van der Waals surface area contributed by atoms with Crippen molar-refractivity contribution in [2.24, 2.45) is 0 Å². The molecule has 1 N–H and O–H groups in total. The predicted octanol–water partition coefficient (Wildman–Crippen LogP) is 4.27. The van der Waals surface area contributed by atoms with Gasteiger partial charge in [0, 0.05) is 24.2 Å². The van der Waals surface area contributed by atoms with Crippen LogP contribution in [0.25, 0.3) is 0 Å². The molecule has 3 nitrogen and oxygen atoms in total. The highest BCUT2D eigenvalue weighted by molar-refractivity contribution is 5.44. The third-order valence-corrected chi connectivity index (χ3v) is 6.16. The Labute approximate surface area is 155 Å². The molecule has 2 fully saturated rings. The maximum Gasteiger partial charge on any atom is 0.0995 e. The lowest BCUT2D eigenvalue weighted by Gasteiger charge is -2.52. The Morgan fingerprint density at radius 2 is 1.81 bits per heavy atom. The minimum Gasteiger partial charge on any atom is -0.385 e. The summed E-state index contributed by atoms with van der Waals surface area (Å²) in [5.41, 5.74) is 3.00. The topological polar surface area (TPSA) is 47.3 Å². The molecule has 2 aliphatic rings. The van der Waals surface area contributed by atoms with E-state index in [0.29, 0.717) is 30.5 Å². The van der Waals surface area contributed by atoms with E-state index in [1.807, 2.05) is 25.1 Å². The molecule has 2 aromatic rings. The molecule has 0 amide bonds. The highest BCUT2D eigenvalue weighted by Gasteiger charge is 2.47. The van der Waals surface area contributed by atoms with Crippen molar-refractivity contribution >= 4 is 0 Å². The first kappa shape index (κ1) is 17.3. The van der Waals surface area contributed by atoms with Crippen molar-refractivity contribution in [1.82, 2.24) is 4.90 Å². The van der Waals surface area contributed by atoms with E-state index in [9.17, 15) is 10.4 Å². The number of nitriles is 1. The first-order valence-corrected chi connectivity index (χ1v) is 9.62. The van der Waals surface area contributed by atoms with Crippen LogP contribution in [-0.2, 0) is 12.1 Å². The molecule has 0 radical (unpaired) electrons. The number of nitrogens with zero attached hydrogens (tertiary/aromatic N) is 2. The van der Waals surface area contributed by atoms with Gasteiger partial charge in [0.15, 0.2) is 0 Å². The average molecular weight is 346 g/mol. The van der Waals surface area contributed by atoms with E-state index in [2.05, 4.69) is 41.3 Å². The van der Waals surface area contributed by atoms with Crippen molar-refractivity contribution in [2.45, 2.75) is 63.3 Å². The van der Waals surface area contributed by atoms with Gasteiger partial charge in [-0.2, -0.15) is 5.26 Å². The fourth-order valence-electron chi connectivity index (χ4n) is 4.93. The van der Waals surface area contributed by atoms with Crippen molar-refractivity contribution in [3.63, 3.8) is 0 Å². The number of hydrogen-bond donors (Lipinski definition) is 1. The summed E-state index contributed by atoms with van der Waals surface area (Å²) in [6, 6.07) is 19.5. The Bertz CT molecular complexity index is 810. The fourth-order valence-corrected chi connectivity index (χ4v) is 4.93. The van der Waals surface area contributed by atoms with Gasteiger partial charge in [-0.3, -0.25) is 4.90 Å². The summed E-state index contributed by atoms with van der Waals surface area (Å²) in [5, 5.41) is 21.1. The number of fused-ring (bicyclic) bond motifs is 2. The quantitative estimate of drug-likeness (QED) is 0.903. The number of piperidine rings is 2. The fraction of sp³-hybridized carbons (Fsp3) is 0.435. The molecule has 2 aromatic carbocycles. The second-order valence-corrected chi connectivity index (χ2v) is 8.00. The van der Waals surface area contributed by atoms with E-state index >= 15 is 0 Å². The summed E-state index contributed by atoms with van der Waals surface area (Å²) < 4.78 is 0. The zero-order valence-corrected chi connectivity index (χ0v) is 15.4. The molecule has 0 aromatic heterocycles. The molecule has 2 atom stereocenters. The standard InChI is InChI=1S/C23H26N2O/c1-17-10-11-19(15-24)22(12-17)23(26)13-20-8-5-9-21(14-23)25(20)16-18-6-3-2-4-7-18/h2-4,6-7,10-12,20-21,26H,5,8-9,13-14,16H2,1H3. The molecular weight excluding hydrogens is 320 g/mol. The number of aryl methyl sites for hydroxylation is 1. The van der Waals surface area contributed by atoms with E-state index in [1.165, 1.54) is 12.0 Å². The van der Waals surface area contributed by atoms with Crippen LogP contribution in [0.3, 0.4) is 0 Å². The van der Waals surface area contributed by atoms with E-state index in [-0.39, 0.29) is 0 Å². The molecule has 2 saturated heterocycles. The van der Waals surface area contributed by atoms with Crippen molar-refractivity contribution in [1.29, 1.82) is 5.26 Å². The van der Waals surface area contributed by atoms with Crippen LogP contribution in [0.1, 0.15) is 54.4 Å².